The summed E-state index contributed by atoms with van der Waals surface area (Å²) >= 11 is 6.36. The lowest BCUT2D eigenvalue weighted by Gasteiger charge is -2.22. The topological polar surface area (TPSA) is 37.0 Å². The van der Waals surface area contributed by atoms with Gasteiger partial charge in [-0.25, -0.2) is 0 Å². The van der Waals surface area contributed by atoms with Crippen LogP contribution in [-0.4, -0.2) is 25.2 Å². The van der Waals surface area contributed by atoms with E-state index >= 15 is 0 Å². The summed E-state index contributed by atoms with van der Waals surface area (Å²) in [5.41, 5.74) is 2.34. The predicted molar refractivity (Wildman–Crippen MR) is 74.7 cm³/mol. The van der Waals surface area contributed by atoms with Crippen molar-refractivity contribution in [1.29, 1.82) is 0 Å². The van der Waals surface area contributed by atoms with Gasteiger partial charge in [0.25, 0.3) is 0 Å². The van der Waals surface area contributed by atoms with Crippen LogP contribution >= 0.6 is 11.6 Å². The summed E-state index contributed by atoms with van der Waals surface area (Å²) in [6.45, 7) is 2.16. The summed E-state index contributed by atoms with van der Waals surface area (Å²) in [7, 11) is 1.69. The van der Waals surface area contributed by atoms with Gasteiger partial charge in [0.2, 0.25) is 0 Å². The maximum Gasteiger partial charge on any atom is 0.143 e. The minimum atomic E-state index is 0.588. The van der Waals surface area contributed by atoms with Crippen LogP contribution in [0.4, 0.5) is 0 Å². The first-order valence-corrected chi connectivity index (χ1v) is 6.73. The van der Waals surface area contributed by atoms with Crippen LogP contribution in [-0.2, 0) is 0 Å². The van der Waals surface area contributed by atoms with Crippen molar-refractivity contribution in [3.8, 4) is 5.75 Å². The average molecular weight is 265 g/mol. The highest BCUT2D eigenvalue weighted by molar-refractivity contribution is 6.36. The zero-order valence-corrected chi connectivity index (χ0v) is 11.2. The number of rotatable bonds is 2. The van der Waals surface area contributed by atoms with Gasteiger partial charge >= 0.3 is 0 Å². The summed E-state index contributed by atoms with van der Waals surface area (Å²) in [5, 5.41) is 5.33. The van der Waals surface area contributed by atoms with Gasteiger partial charge in [-0.1, -0.05) is 11.6 Å². The quantitative estimate of drug-likeness (QED) is 0.873. The normalized spacial score (nSPS) is 17.2. The van der Waals surface area contributed by atoms with E-state index in [1.165, 1.54) is 18.4 Å². The lowest BCUT2D eigenvalue weighted by atomic mass is 9.90. The van der Waals surface area contributed by atoms with Gasteiger partial charge in [-0.05, 0) is 49.5 Å². The number of aromatic nitrogens is 1. The second kappa shape index (κ2) is 4.82. The third kappa shape index (κ3) is 1.88. The van der Waals surface area contributed by atoms with Crippen LogP contribution in [0.1, 0.15) is 24.3 Å². The van der Waals surface area contributed by atoms with Gasteiger partial charge < -0.3 is 15.0 Å². The van der Waals surface area contributed by atoms with Crippen LogP contribution in [0.3, 0.4) is 0 Å². The molecule has 3 rings (SSSR count). The second-order valence-electron chi connectivity index (χ2n) is 4.77. The molecular formula is C14H17ClN2O. The van der Waals surface area contributed by atoms with Crippen molar-refractivity contribution < 1.29 is 4.74 Å². The Morgan fingerprint density at radius 3 is 2.78 bits per heavy atom. The molecule has 1 saturated heterocycles. The number of halogens is 1. The molecule has 0 bridgehead atoms. The van der Waals surface area contributed by atoms with Gasteiger partial charge in [-0.2, -0.15) is 0 Å². The summed E-state index contributed by atoms with van der Waals surface area (Å²) in [6, 6.07) is 3.83. The van der Waals surface area contributed by atoms with Gasteiger partial charge in [0.15, 0.2) is 0 Å². The van der Waals surface area contributed by atoms with E-state index in [0.29, 0.717) is 5.92 Å². The van der Waals surface area contributed by atoms with E-state index in [1.54, 1.807) is 7.11 Å². The number of nitrogens with one attached hydrogen (secondary N) is 2. The molecule has 1 aromatic heterocycles. The first-order valence-electron chi connectivity index (χ1n) is 6.35. The van der Waals surface area contributed by atoms with Crippen LogP contribution < -0.4 is 10.1 Å². The average Bonchev–Trinajstić information content (AvgIpc) is 2.86. The molecule has 0 amide bonds. The van der Waals surface area contributed by atoms with Crippen LogP contribution in [0, 0.1) is 0 Å². The highest BCUT2D eigenvalue weighted by Crippen LogP contribution is 2.38. The van der Waals surface area contributed by atoms with Crippen molar-refractivity contribution in [2.24, 2.45) is 0 Å². The first kappa shape index (κ1) is 11.9. The predicted octanol–water partition coefficient (Wildman–Crippen LogP) is 3.30. The summed E-state index contributed by atoms with van der Waals surface area (Å²) < 4.78 is 5.38. The van der Waals surface area contributed by atoms with E-state index in [1.807, 2.05) is 12.1 Å². The van der Waals surface area contributed by atoms with Crippen molar-refractivity contribution in [3.05, 3.63) is 28.9 Å². The number of benzene rings is 1. The Balaban J connectivity index is 2.12. The molecule has 0 unspecified atom stereocenters. The molecule has 2 N–H and O–H groups in total. The molecule has 0 atom stereocenters. The third-order valence-corrected chi connectivity index (χ3v) is 4.09. The number of hydrogen-bond donors (Lipinski definition) is 2. The van der Waals surface area contributed by atoms with E-state index in [-0.39, 0.29) is 0 Å². The van der Waals surface area contributed by atoms with Crippen LogP contribution in [0.5, 0.6) is 5.75 Å². The molecule has 0 radical (unpaired) electrons. The fraction of sp³-hybridized carbons (Fsp3) is 0.429. The SMILES string of the molecule is COc1ccc(Cl)c2c(C3CCNCC3)c[nH]c12. The molecular weight excluding hydrogens is 248 g/mol. The minimum Gasteiger partial charge on any atom is -0.495 e. The molecule has 0 saturated carbocycles. The Bertz CT molecular complexity index is 558. The largest absolute Gasteiger partial charge is 0.495 e. The number of ether oxygens (including phenoxy) is 1. The molecule has 1 aliphatic rings. The first-order chi connectivity index (χ1) is 8.81. The molecule has 4 heteroatoms. The Labute approximate surface area is 111 Å². The highest BCUT2D eigenvalue weighted by atomic mass is 35.5. The Kier molecular flexibility index (Phi) is 3.18. The number of fused-ring (bicyclic) bond motifs is 1. The Hall–Kier alpha value is -1.19. The maximum absolute atomic E-state index is 6.36. The fourth-order valence-electron chi connectivity index (χ4n) is 2.83. The van der Waals surface area contributed by atoms with E-state index in [9.17, 15) is 0 Å². The molecule has 3 nitrogen and oxygen atoms in total. The lowest BCUT2D eigenvalue weighted by Crippen LogP contribution is -2.26. The smallest absolute Gasteiger partial charge is 0.143 e. The van der Waals surface area contributed by atoms with Crippen LogP contribution in [0.25, 0.3) is 10.9 Å². The van der Waals surface area contributed by atoms with E-state index in [2.05, 4.69) is 16.5 Å². The number of methoxy groups -OCH3 is 1. The molecule has 0 aliphatic carbocycles. The van der Waals surface area contributed by atoms with Gasteiger partial charge in [0.05, 0.1) is 17.6 Å². The number of hydrogen-bond acceptors (Lipinski definition) is 2. The molecule has 1 aromatic carbocycles. The number of H-pyrrole nitrogens is 1. The standard InChI is InChI=1S/C14H17ClN2O/c1-18-12-3-2-11(15)13-10(8-17-14(12)13)9-4-6-16-7-5-9/h2-3,8-9,16-17H,4-7H2,1H3. The zero-order chi connectivity index (χ0) is 12.5. The van der Waals surface area contributed by atoms with E-state index in [4.69, 9.17) is 16.3 Å². The van der Waals surface area contributed by atoms with Crippen molar-refractivity contribution >= 4 is 22.5 Å². The van der Waals surface area contributed by atoms with Crippen LogP contribution in [0.2, 0.25) is 5.02 Å². The Morgan fingerprint density at radius 2 is 2.06 bits per heavy atom. The van der Waals surface area contributed by atoms with E-state index < -0.39 is 0 Å². The van der Waals surface area contributed by atoms with Crippen LogP contribution in [0.15, 0.2) is 18.3 Å². The third-order valence-electron chi connectivity index (χ3n) is 3.78. The molecule has 1 aliphatic heterocycles. The molecule has 0 spiro atoms. The fourth-order valence-corrected chi connectivity index (χ4v) is 3.10. The molecule has 1 fully saturated rings. The van der Waals surface area contributed by atoms with Crippen molar-refractivity contribution in [2.75, 3.05) is 20.2 Å². The number of aromatic amines is 1. The molecule has 2 aromatic rings. The van der Waals surface area contributed by atoms with Gasteiger partial charge in [-0.15, -0.1) is 0 Å². The highest BCUT2D eigenvalue weighted by Gasteiger charge is 2.21. The summed E-state index contributed by atoms with van der Waals surface area (Å²) in [4.78, 5) is 3.32. The molecule has 18 heavy (non-hydrogen) atoms. The monoisotopic (exact) mass is 264 g/mol. The van der Waals surface area contributed by atoms with Crippen molar-refractivity contribution in [1.82, 2.24) is 10.3 Å². The maximum atomic E-state index is 6.36. The van der Waals surface area contributed by atoms with Gasteiger partial charge in [0.1, 0.15) is 5.75 Å². The Morgan fingerprint density at radius 1 is 1.28 bits per heavy atom. The van der Waals surface area contributed by atoms with Crippen molar-refractivity contribution in [3.63, 3.8) is 0 Å². The minimum absolute atomic E-state index is 0.588. The van der Waals surface area contributed by atoms with E-state index in [0.717, 1.165) is 34.8 Å². The van der Waals surface area contributed by atoms with Gasteiger partial charge in [-0.3, -0.25) is 0 Å². The molecule has 96 valence electrons. The van der Waals surface area contributed by atoms with Crippen molar-refractivity contribution in [2.45, 2.75) is 18.8 Å². The zero-order valence-electron chi connectivity index (χ0n) is 10.4. The van der Waals surface area contributed by atoms with Gasteiger partial charge in [0, 0.05) is 11.6 Å². The second-order valence-corrected chi connectivity index (χ2v) is 5.18. The molecule has 2 heterocycles. The summed E-state index contributed by atoms with van der Waals surface area (Å²) in [6.07, 6.45) is 4.43. The summed E-state index contributed by atoms with van der Waals surface area (Å²) in [5.74, 6) is 1.44. The lowest BCUT2D eigenvalue weighted by molar-refractivity contribution is 0.419. The number of piperidine rings is 1.